The van der Waals surface area contributed by atoms with Crippen molar-refractivity contribution in [1.29, 1.82) is 0 Å². The minimum absolute atomic E-state index is 0.0606. The first-order valence-corrected chi connectivity index (χ1v) is 9.29. The molecule has 0 aliphatic carbocycles. The lowest BCUT2D eigenvalue weighted by molar-refractivity contribution is -0.384. The average Bonchev–Trinajstić information content (AvgIpc) is 2.66. The molecule has 0 aliphatic heterocycles. The van der Waals surface area contributed by atoms with Gasteiger partial charge in [0, 0.05) is 38.7 Å². The van der Waals surface area contributed by atoms with Gasteiger partial charge in [-0.05, 0) is 37.9 Å². The van der Waals surface area contributed by atoms with Crippen LogP contribution in [0.15, 0.2) is 42.5 Å². The van der Waals surface area contributed by atoms with Gasteiger partial charge in [-0.2, -0.15) is 0 Å². The van der Waals surface area contributed by atoms with Gasteiger partial charge in [-0.25, -0.2) is 4.79 Å². The Morgan fingerprint density at radius 3 is 2.31 bits per heavy atom. The predicted octanol–water partition coefficient (Wildman–Crippen LogP) is 4.38. The first-order chi connectivity index (χ1) is 13.7. The van der Waals surface area contributed by atoms with Gasteiger partial charge >= 0.3 is 6.09 Å². The van der Waals surface area contributed by atoms with Crippen molar-refractivity contribution >= 4 is 23.4 Å². The molecule has 0 fully saturated rings. The van der Waals surface area contributed by atoms with E-state index >= 15 is 0 Å². The number of rotatable bonds is 8. The van der Waals surface area contributed by atoms with E-state index in [0.29, 0.717) is 24.5 Å². The zero-order valence-corrected chi connectivity index (χ0v) is 17.5. The Kier molecular flexibility index (Phi) is 7.81. The van der Waals surface area contributed by atoms with E-state index in [1.807, 2.05) is 26.2 Å². The molecular formula is C20H24ClN3O5. The van der Waals surface area contributed by atoms with Crippen LogP contribution in [-0.2, 0) is 0 Å². The lowest BCUT2D eigenvalue weighted by atomic mass is 10.0. The Morgan fingerprint density at radius 2 is 1.79 bits per heavy atom. The van der Waals surface area contributed by atoms with Gasteiger partial charge in [0.15, 0.2) is 0 Å². The molecule has 2 aromatic rings. The van der Waals surface area contributed by atoms with Gasteiger partial charge in [0.1, 0.15) is 11.5 Å². The molecule has 0 aromatic heterocycles. The van der Waals surface area contributed by atoms with Crippen molar-refractivity contribution in [3.63, 3.8) is 0 Å². The van der Waals surface area contributed by atoms with Crippen molar-refractivity contribution in [3.8, 4) is 11.5 Å². The summed E-state index contributed by atoms with van der Waals surface area (Å²) < 4.78 is 11.0. The zero-order valence-electron chi connectivity index (χ0n) is 16.8. The molecule has 0 bridgehead atoms. The van der Waals surface area contributed by atoms with Crippen LogP contribution in [0.2, 0.25) is 5.02 Å². The van der Waals surface area contributed by atoms with Crippen molar-refractivity contribution in [3.05, 3.63) is 63.2 Å². The lowest BCUT2D eigenvalue weighted by Gasteiger charge is -2.25. The predicted molar refractivity (Wildman–Crippen MR) is 111 cm³/mol. The van der Waals surface area contributed by atoms with Crippen molar-refractivity contribution in [2.45, 2.75) is 12.5 Å². The number of nitrogens with zero attached hydrogens (tertiary/aromatic N) is 3. The number of nitro groups is 1. The Balaban J connectivity index is 2.00. The first kappa shape index (κ1) is 22.4. The third-order valence-electron chi connectivity index (χ3n) is 4.23. The van der Waals surface area contributed by atoms with Crippen molar-refractivity contribution < 1.29 is 19.2 Å². The molecule has 0 aliphatic rings. The summed E-state index contributed by atoms with van der Waals surface area (Å²) in [5, 5.41) is 11.0. The molecule has 0 saturated carbocycles. The number of carbonyl (C=O) groups is 1. The average molecular weight is 422 g/mol. The maximum Gasteiger partial charge on any atom is 0.414 e. The van der Waals surface area contributed by atoms with E-state index in [0.717, 1.165) is 5.56 Å². The van der Waals surface area contributed by atoms with Gasteiger partial charge in [-0.15, -0.1) is 0 Å². The highest BCUT2D eigenvalue weighted by molar-refractivity contribution is 6.32. The molecule has 2 aromatic carbocycles. The van der Waals surface area contributed by atoms with Crippen LogP contribution in [0.5, 0.6) is 11.5 Å². The van der Waals surface area contributed by atoms with E-state index in [-0.39, 0.29) is 16.8 Å². The molecule has 9 heteroatoms. The molecule has 0 spiro atoms. The quantitative estimate of drug-likeness (QED) is 0.464. The minimum Gasteiger partial charge on any atom is -0.492 e. The van der Waals surface area contributed by atoms with Gasteiger partial charge in [0.2, 0.25) is 0 Å². The summed E-state index contributed by atoms with van der Waals surface area (Å²) in [6, 6.07) is 11.5. The van der Waals surface area contributed by atoms with E-state index < -0.39 is 11.0 Å². The second-order valence-corrected chi connectivity index (χ2v) is 7.23. The number of ether oxygens (including phenoxy) is 2. The zero-order chi connectivity index (χ0) is 21.6. The van der Waals surface area contributed by atoms with Gasteiger partial charge in [-0.1, -0.05) is 23.7 Å². The van der Waals surface area contributed by atoms with Gasteiger partial charge in [0.05, 0.1) is 16.6 Å². The van der Waals surface area contributed by atoms with E-state index in [2.05, 4.69) is 4.90 Å². The summed E-state index contributed by atoms with van der Waals surface area (Å²) in [5.74, 6) is 0.875. The minimum atomic E-state index is -0.503. The molecule has 0 N–H and O–H groups in total. The third kappa shape index (κ3) is 6.33. The molecule has 8 nitrogen and oxygen atoms in total. The molecule has 1 atom stereocenters. The summed E-state index contributed by atoms with van der Waals surface area (Å²) >= 11 is 6.06. The molecular weight excluding hydrogens is 398 g/mol. The molecule has 0 radical (unpaired) electrons. The maximum absolute atomic E-state index is 11.6. The number of halogens is 1. The van der Waals surface area contributed by atoms with Crippen LogP contribution >= 0.6 is 11.6 Å². The summed E-state index contributed by atoms with van der Waals surface area (Å²) in [6.07, 6.45) is 0.229. The fourth-order valence-electron chi connectivity index (χ4n) is 2.67. The van der Waals surface area contributed by atoms with Crippen molar-refractivity contribution in [2.75, 3.05) is 34.8 Å². The number of benzene rings is 2. The fourth-order valence-corrected chi connectivity index (χ4v) is 2.90. The Labute approximate surface area is 174 Å². The monoisotopic (exact) mass is 421 g/mol. The molecule has 1 unspecified atom stereocenters. The maximum atomic E-state index is 11.6. The van der Waals surface area contributed by atoms with Crippen LogP contribution in [0.1, 0.15) is 18.0 Å². The Morgan fingerprint density at radius 1 is 1.14 bits per heavy atom. The summed E-state index contributed by atoms with van der Waals surface area (Å²) in [5.41, 5.74) is 0.960. The smallest absolute Gasteiger partial charge is 0.414 e. The molecule has 1 amide bonds. The number of carbonyl (C=O) groups excluding carboxylic acids is 1. The number of hydrogen-bond acceptors (Lipinski definition) is 6. The second kappa shape index (κ2) is 10.1. The SMILES string of the molecule is CN(C)C(=O)Oc1ccc(C(CCOc2ccc([N+](=O)[O-])cc2Cl)N(C)C)cc1. The van der Waals surface area contributed by atoms with Crippen molar-refractivity contribution in [1.82, 2.24) is 9.80 Å². The molecule has 156 valence electrons. The number of hydrogen-bond donors (Lipinski definition) is 0. The molecule has 0 heterocycles. The molecule has 29 heavy (non-hydrogen) atoms. The fraction of sp³-hybridized carbons (Fsp3) is 0.350. The van der Waals surface area contributed by atoms with Gasteiger partial charge in [-0.3, -0.25) is 10.1 Å². The van der Waals surface area contributed by atoms with Crippen LogP contribution in [0.4, 0.5) is 10.5 Å². The van der Waals surface area contributed by atoms with Crippen LogP contribution in [0, 0.1) is 10.1 Å². The normalized spacial score (nSPS) is 11.8. The topological polar surface area (TPSA) is 85.1 Å². The number of nitro benzene ring substituents is 1. The van der Waals surface area contributed by atoms with Crippen LogP contribution < -0.4 is 9.47 Å². The Hall–Kier alpha value is -2.84. The number of non-ortho nitro benzene ring substituents is 1. The summed E-state index contributed by atoms with van der Waals surface area (Å²) in [4.78, 5) is 25.3. The summed E-state index contributed by atoms with van der Waals surface area (Å²) in [6.45, 7) is 0.373. The van der Waals surface area contributed by atoms with Crippen LogP contribution in [0.3, 0.4) is 0 Å². The van der Waals surface area contributed by atoms with Gasteiger partial charge in [0.25, 0.3) is 5.69 Å². The summed E-state index contributed by atoms with van der Waals surface area (Å²) in [7, 11) is 7.17. The highest BCUT2D eigenvalue weighted by Gasteiger charge is 2.16. The molecule has 0 saturated heterocycles. The second-order valence-electron chi connectivity index (χ2n) is 6.82. The highest BCUT2D eigenvalue weighted by Crippen LogP contribution is 2.30. The highest BCUT2D eigenvalue weighted by atomic mass is 35.5. The molecule has 2 rings (SSSR count). The Bertz CT molecular complexity index is 856. The van der Waals surface area contributed by atoms with E-state index in [1.165, 1.54) is 23.1 Å². The van der Waals surface area contributed by atoms with E-state index in [1.54, 1.807) is 26.2 Å². The largest absolute Gasteiger partial charge is 0.492 e. The van der Waals surface area contributed by atoms with Gasteiger partial charge < -0.3 is 19.3 Å². The van der Waals surface area contributed by atoms with E-state index in [9.17, 15) is 14.9 Å². The van der Waals surface area contributed by atoms with E-state index in [4.69, 9.17) is 21.1 Å². The third-order valence-corrected chi connectivity index (χ3v) is 4.53. The van der Waals surface area contributed by atoms with Crippen LogP contribution in [0.25, 0.3) is 0 Å². The lowest BCUT2D eigenvalue weighted by Crippen LogP contribution is -2.25. The number of amides is 1. The van der Waals surface area contributed by atoms with Crippen molar-refractivity contribution in [2.24, 2.45) is 0 Å². The standard InChI is InChI=1S/C20H24ClN3O5/c1-22(2)18(14-5-8-16(9-6-14)29-20(25)23(3)4)11-12-28-19-10-7-15(24(26)27)13-17(19)21/h5-10,13,18H,11-12H2,1-4H3. The van der Waals surface area contributed by atoms with Crippen LogP contribution in [-0.4, -0.2) is 55.6 Å². The first-order valence-electron chi connectivity index (χ1n) is 8.91.